The minimum Gasteiger partial charge on any atom is -0.368 e. The zero-order valence-electron chi connectivity index (χ0n) is 4.38. The van der Waals surface area contributed by atoms with Gasteiger partial charge in [0.1, 0.15) is 6.67 Å². The molecule has 0 aromatic carbocycles. The zero-order chi connectivity index (χ0) is 6.85. The Labute approximate surface area is 62.1 Å². The van der Waals surface area contributed by atoms with Crippen LogP contribution in [0.1, 0.15) is 0 Å². The van der Waals surface area contributed by atoms with Crippen molar-refractivity contribution >= 4 is 34.6 Å². The average Bonchev–Trinajstić information content (AvgIpc) is 1.80. The van der Waals surface area contributed by atoms with Crippen LogP contribution in [0.25, 0.3) is 0 Å². The molecule has 6 heteroatoms. The monoisotopic (exact) mass is 166 g/mol. The molecule has 0 saturated carbocycles. The molecular formula is C3H4Cl2N4. The summed E-state index contributed by atoms with van der Waals surface area (Å²) in [5.41, 5.74) is 5.18. The van der Waals surface area contributed by atoms with Gasteiger partial charge in [0.15, 0.2) is 0 Å². The number of nitrogens with zero attached hydrogens (tertiary/aromatic N) is 3. The first-order chi connectivity index (χ1) is 4.20. The molecule has 9 heavy (non-hydrogen) atoms. The summed E-state index contributed by atoms with van der Waals surface area (Å²) in [6, 6.07) is 0. The lowest BCUT2D eigenvalue weighted by Gasteiger charge is -2.13. The fraction of sp³-hybridized carbons (Fsp3) is 0.333. The second-order valence-electron chi connectivity index (χ2n) is 1.40. The molecule has 0 aliphatic carbocycles. The summed E-state index contributed by atoms with van der Waals surface area (Å²) in [4.78, 5) is 7.25. The first kappa shape index (κ1) is 6.64. The van der Waals surface area contributed by atoms with Gasteiger partial charge in [-0.25, -0.2) is 9.41 Å². The maximum absolute atomic E-state index is 5.45. The van der Waals surface area contributed by atoms with Crippen molar-refractivity contribution in [3.63, 3.8) is 0 Å². The molecule has 1 heterocycles. The summed E-state index contributed by atoms with van der Waals surface area (Å²) < 4.78 is 1.16. The Morgan fingerprint density at radius 1 is 1.67 bits per heavy atom. The van der Waals surface area contributed by atoms with Crippen molar-refractivity contribution in [2.24, 2.45) is 15.7 Å². The van der Waals surface area contributed by atoms with Gasteiger partial charge in [-0.3, -0.25) is 0 Å². The van der Waals surface area contributed by atoms with E-state index in [1.807, 2.05) is 0 Å². The van der Waals surface area contributed by atoms with Crippen molar-refractivity contribution in [2.75, 3.05) is 6.67 Å². The lowest BCUT2D eigenvalue weighted by molar-refractivity contribution is 0.674. The first-order valence-corrected chi connectivity index (χ1v) is 2.89. The van der Waals surface area contributed by atoms with Gasteiger partial charge < -0.3 is 5.73 Å². The molecule has 2 N–H and O–H groups in total. The molecule has 0 fully saturated rings. The summed E-state index contributed by atoms with van der Waals surface area (Å²) >= 11 is 10.9. The average molecular weight is 167 g/mol. The number of guanidine groups is 1. The fourth-order valence-corrected chi connectivity index (χ4v) is 0.608. The van der Waals surface area contributed by atoms with E-state index in [1.54, 1.807) is 0 Å². The molecule has 0 atom stereocenters. The molecule has 50 valence electrons. The van der Waals surface area contributed by atoms with E-state index in [1.165, 1.54) is 0 Å². The van der Waals surface area contributed by atoms with Gasteiger partial charge >= 0.3 is 0 Å². The van der Waals surface area contributed by atoms with Crippen LogP contribution in [-0.2, 0) is 0 Å². The molecule has 1 rings (SSSR count). The lowest BCUT2D eigenvalue weighted by atomic mass is 10.8. The summed E-state index contributed by atoms with van der Waals surface area (Å²) in [6.45, 7) is 0.260. The van der Waals surface area contributed by atoms with Gasteiger partial charge in [0.25, 0.3) is 0 Å². The third-order valence-corrected chi connectivity index (χ3v) is 1.41. The predicted octanol–water partition coefficient (Wildman–Crippen LogP) is 0.323. The number of nitrogens with two attached hydrogens (primary N) is 1. The van der Waals surface area contributed by atoms with Crippen molar-refractivity contribution in [3.05, 3.63) is 0 Å². The number of halogens is 2. The molecule has 1 aliphatic heterocycles. The van der Waals surface area contributed by atoms with E-state index in [4.69, 9.17) is 29.1 Å². The Hall–Kier alpha value is -0.480. The number of aliphatic imine (C=N–C) groups is 2. The smallest absolute Gasteiger partial charge is 0.219 e. The quantitative estimate of drug-likeness (QED) is 0.417. The zero-order valence-corrected chi connectivity index (χ0v) is 5.89. The highest BCUT2D eigenvalue weighted by atomic mass is 35.5. The fourth-order valence-electron chi connectivity index (χ4n) is 0.377. The summed E-state index contributed by atoms with van der Waals surface area (Å²) in [5.74, 6) is 0.164. The highest BCUT2D eigenvalue weighted by Crippen LogP contribution is 2.05. The van der Waals surface area contributed by atoms with Crippen molar-refractivity contribution in [3.8, 4) is 0 Å². The number of rotatable bonds is 0. The predicted molar refractivity (Wildman–Crippen MR) is 37.5 cm³/mol. The second kappa shape index (κ2) is 2.41. The maximum atomic E-state index is 5.45. The van der Waals surface area contributed by atoms with E-state index in [0.717, 1.165) is 4.42 Å². The van der Waals surface area contributed by atoms with E-state index in [2.05, 4.69) is 9.98 Å². The van der Waals surface area contributed by atoms with Crippen LogP contribution < -0.4 is 5.73 Å². The van der Waals surface area contributed by atoms with Crippen molar-refractivity contribution in [1.82, 2.24) is 4.42 Å². The van der Waals surface area contributed by atoms with E-state index in [-0.39, 0.29) is 17.9 Å². The SMILES string of the molecule is NC1=NCN(Cl)C(Cl)=N1. The first-order valence-electron chi connectivity index (χ1n) is 2.17. The molecule has 4 nitrogen and oxygen atoms in total. The standard InChI is InChI=1S/C3H4Cl2N4/c4-2-8-3(6)7-1-9(2)5/h1H2,(H2,6,7). The largest absolute Gasteiger partial charge is 0.368 e. The minimum atomic E-state index is 0.157. The Bertz CT molecular complexity index is 175. The van der Waals surface area contributed by atoms with Crippen LogP contribution in [0.2, 0.25) is 0 Å². The Morgan fingerprint density at radius 2 is 2.33 bits per heavy atom. The minimum absolute atomic E-state index is 0.157. The van der Waals surface area contributed by atoms with Crippen LogP contribution in [0.5, 0.6) is 0 Å². The molecule has 0 bridgehead atoms. The van der Waals surface area contributed by atoms with E-state index in [0.29, 0.717) is 0 Å². The number of hydrogen-bond acceptors (Lipinski definition) is 4. The van der Waals surface area contributed by atoms with Gasteiger partial charge in [-0.15, -0.1) is 0 Å². The Kier molecular flexibility index (Phi) is 1.78. The molecule has 0 radical (unpaired) electrons. The summed E-state index contributed by atoms with van der Waals surface area (Å²) in [7, 11) is 0. The third kappa shape index (κ3) is 1.46. The van der Waals surface area contributed by atoms with Crippen LogP contribution in [0.4, 0.5) is 0 Å². The topological polar surface area (TPSA) is 54.0 Å². The summed E-state index contributed by atoms with van der Waals surface area (Å²) in [6.07, 6.45) is 0. The molecule has 0 spiro atoms. The van der Waals surface area contributed by atoms with Crippen molar-refractivity contribution < 1.29 is 0 Å². The van der Waals surface area contributed by atoms with E-state index in [9.17, 15) is 0 Å². The van der Waals surface area contributed by atoms with E-state index < -0.39 is 0 Å². The number of hydrogen-bond donors (Lipinski definition) is 1. The highest BCUT2D eigenvalue weighted by molar-refractivity contribution is 6.68. The van der Waals surface area contributed by atoms with Crippen LogP contribution >= 0.6 is 23.4 Å². The maximum Gasteiger partial charge on any atom is 0.219 e. The molecule has 0 unspecified atom stereocenters. The molecule has 0 saturated heterocycles. The molecule has 0 aromatic rings. The molecule has 0 amide bonds. The van der Waals surface area contributed by atoms with Crippen LogP contribution in [0.3, 0.4) is 0 Å². The lowest BCUT2D eigenvalue weighted by Crippen LogP contribution is -2.26. The van der Waals surface area contributed by atoms with Crippen LogP contribution in [0.15, 0.2) is 9.98 Å². The van der Waals surface area contributed by atoms with Gasteiger partial charge in [0.05, 0.1) is 0 Å². The van der Waals surface area contributed by atoms with Crippen LogP contribution in [0, 0.1) is 0 Å². The van der Waals surface area contributed by atoms with Crippen molar-refractivity contribution in [2.45, 2.75) is 0 Å². The number of amidine groups is 1. The molecule has 0 aromatic heterocycles. The molecule has 1 aliphatic rings. The highest BCUT2D eigenvalue weighted by Gasteiger charge is 2.09. The van der Waals surface area contributed by atoms with Gasteiger partial charge in [-0.2, -0.15) is 4.99 Å². The van der Waals surface area contributed by atoms with Gasteiger partial charge in [-0.1, -0.05) is 0 Å². The van der Waals surface area contributed by atoms with Gasteiger partial charge in [0.2, 0.25) is 11.3 Å². The Morgan fingerprint density at radius 3 is 2.78 bits per heavy atom. The van der Waals surface area contributed by atoms with E-state index >= 15 is 0 Å². The van der Waals surface area contributed by atoms with Gasteiger partial charge in [0, 0.05) is 11.8 Å². The Balaban J connectivity index is 2.74. The third-order valence-electron chi connectivity index (χ3n) is 0.764. The normalized spacial score (nSPS) is 19.1. The van der Waals surface area contributed by atoms with Crippen LogP contribution in [-0.4, -0.2) is 22.3 Å². The second-order valence-corrected chi connectivity index (χ2v) is 2.15. The van der Waals surface area contributed by atoms with Gasteiger partial charge in [-0.05, 0) is 11.6 Å². The summed E-state index contributed by atoms with van der Waals surface area (Å²) in [5, 5.41) is 0.157. The molecular weight excluding hydrogens is 163 g/mol. The van der Waals surface area contributed by atoms with Crippen molar-refractivity contribution in [1.29, 1.82) is 0 Å².